The van der Waals surface area contributed by atoms with Gasteiger partial charge in [-0.1, -0.05) is 24.3 Å². The topological polar surface area (TPSA) is 49.3 Å². The predicted molar refractivity (Wildman–Crippen MR) is 115 cm³/mol. The van der Waals surface area contributed by atoms with Gasteiger partial charge in [-0.05, 0) is 37.4 Å². The molecule has 0 aliphatic heterocycles. The fourth-order valence-electron chi connectivity index (χ4n) is 3.01. The summed E-state index contributed by atoms with van der Waals surface area (Å²) < 4.78 is 10.8. The van der Waals surface area contributed by atoms with E-state index in [0.29, 0.717) is 6.54 Å². The molecule has 0 fully saturated rings. The van der Waals surface area contributed by atoms with Gasteiger partial charge in [0.05, 0.1) is 14.2 Å². The van der Waals surface area contributed by atoms with Gasteiger partial charge in [0.2, 0.25) is 0 Å². The van der Waals surface area contributed by atoms with E-state index < -0.39 is 0 Å². The molecular formula is C22H32N4O2. The first-order valence-electron chi connectivity index (χ1n) is 9.32. The second-order valence-electron chi connectivity index (χ2n) is 6.99. The Labute approximate surface area is 168 Å². The Balaban J connectivity index is 1.97. The van der Waals surface area contributed by atoms with Crippen molar-refractivity contribution in [2.75, 3.05) is 42.4 Å². The van der Waals surface area contributed by atoms with Crippen LogP contribution in [-0.2, 0) is 19.6 Å². The highest BCUT2D eigenvalue weighted by Gasteiger charge is 2.11. The van der Waals surface area contributed by atoms with Gasteiger partial charge in [0.15, 0.2) is 5.96 Å². The maximum absolute atomic E-state index is 5.50. The first kappa shape index (κ1) is 21.6. The minimum atomic E-state index is 0.675. The van der Waals surface area contributed by atoms with Crippen LogP contribution in [0.15, 0.2) is 47.5 Å². The summed E-state index contributed by atoms with van der Waals surface area (Å²) in [6.45, 7) is 2.34. The molecule has 2 rings (SSSR count). The summed E-state index contributed by atoms with van der Waals surface area (Å²) in [5.41, 5.74) is 3.60. The Morgan fingerprint density at radius 1 is 0.929 bits per heavy atom. The number of aliphatic imine (C=N–C) groups is 1. The molecule has 0 saturated heterocycles. The molecular weight excluding hydrogens is 352 g/mol. The van der Waals surface area contributed by atoms with Gasteiger partial charge in [-0.2, -0.15) is 0 Å². The van der Waals surface area contributed by atoms with Gasteiger partial charge in [0.1, 0.15) is 11.5 Å². The Hall–Kier alpha value is -2.73. The molecule has 2 aromatic carbocycles. The van der Waals surface area contributed by atoms with Crippen molar-refractivity contribution in [1.82, 2.24) is 15.1 Å². The minimum Gasteiger partial charge on any atom is -0.497 e. The van der Waals surface area contributed by atoms with Gasteiger partial charge >= 0.3 is 0 Å². The zero-order valence-corrected chi connectivity index (χ0v) is 17.8. The number of hydrogen-bond donors (Lipinski definition) is 1. The lowest BCUT2D eigenvalue weighted by Crippen LogP contribution is -2.38. The normalized spacial score (nSPS) is 11.5. The summed E-state index contributed by atoms with van der Waals surface area (Å²) in [6.07, 6.45) is 0. The quantitative estimate of drug-likeness (QED) is 0.560. The van der Waals surface area contributed by atoms with E-state index in [4.69, 9.17) is 9.47 Å². The summed E-state index contributed by atoms with van der Waals surface area (Å²) in [6, 6.07) is 14.5. The molecule has 0 bridgehead atoms. The summed E-state index contributed by atoms with van der Waals surface area (Å²) in [7, 11) is 11.3. The molecule has 6 heteroatoms. The highest BCUT2D eigenvalue weighted by atomic mass is 16.5. The molecule has 0 atom stereocenters. The van der Waals surface area contributed by atoms with Crippen molar-refractivity contribution >= 4 is 5.96 Å². The predicted octanol–water partition coefficient (Wildman–Crippen LogP) is 2.97. The van der Waals surface area contributed by atoms with Gasteiger partial charge in [0, 0.05) is 45.4 Å². The molecule has 0 aliphatic rings. The summed E-state index contributed by atoms with van der Waals surface area (Å²) in [4.78, 5) is 8.64. The van der Waals surface area contributed by atoms with E-state index in [9.17, 15) is 0 Å². The number of guanidine groups is 1. The van der Waals surface area contributed by atoms with Crippen LogP contribution in [0, 0.1) is 0 Å². The number of nitrogens with one attached hydrogen (secondary N) is 1. The molecule has 6 nitrogen and oxygen atoms in total. The van der Waals surface area contributed by atoms with Crippen LogP contribution in [0.4, 0.5) is 0 Å². The van der Waals surface area contributed by atoms with E-state index >= 15 is 0 Å². The monoisotopic (exact) mass is 384 g/mol. The zero-order valence-electron chi connectivity index (χ0n) is 17.8. The van der Waals surface area contributed by atoms with Crippen LogP contribution in [0.3, 0.4) is 0 Å². The summed E-state index contributed by atoms with van der Waals surface area (Å²) >= 11 is 0. The van der Waals surface area contributed by atoms with Crippen LogP contribution < -0.4 is 14.8 Å². The van der Waals surface area contributed by atoms with E-state index in [-0.39, 0.29) is 0 Å². The van der Waals surface area contributed by atoms with Crippen molar-refractivity contribution < 1.29 is 9.47 Å². The average molecular weight is 385 g/mol. The molecule has 0 spiro atoms. The standard InChI is InChI=1S/C22H32N4O2/c1-23-22(24-14-17-7-9-18(10-8-17)15-25(2)3)26(4)16-19-11-12-20(27-5)13-21(19)28-6/h7-13H,14-16H2,1-6H3,(H,23,24). The molecule has 0 aromatic heterocycles. The Kier molecular flexibility index (Phi) is 8.14. The Bertz CT molecular complexity index is 773. The third kappa shape index (κ3) is 6.16. The Morgan fingerprint density at radius 3 is 2.18 bits per heavy atom. The van der Waals surface area contributed by atoms with E-state index in [1.54, 1.807) is 21.3 Å². The molecule has 2 aromatic rings. The molecule has 28 heavy (non-hydrogen) atoms. The lowest BCUT2D eigenvalue weighted by Gasteiger charge is -2.23. The first-order valence-corrected chi connectivity index (χ1v) is 9.32. The van der Waals surface area contributed by atoms with Crippen LogP contribution in [0.2, 0.25) is 0 Å². The average Bonchev–Trinajstić information content (AvgIpc) is 2.69. The van der Waals surface area contributed by atoms with E-state index in [1.165, 1.54) is 11.1 Å². The van der Waals surface area contributed by atoms with Crippen molar-refractivity contribution in [2.24, 2.45) is 4.99 Å². The zero-order chi connectivity index (χ0) is 20.5. The number of nitrogens with zero attached hydrogens (tertiary/aromatic N) is 3. The van der Waals surface area contributed by atoms with E-state index in [1.807, 2.05) is 25.2 Å². The molecule has 0 unspecified atom stereocenters. The van der Waals surface area contributed by atoms with Crippen LogP contribution in [0.1, 0.15) is 16.7 Å². The highest BCUT2D eigenvalue weighted by molar-refractivity contribution is 5.79. The lowest BCUT2D eigenvalue weighted by molar-refractivity contribution is 0.382. The number of rotatable bonds is 8. The molecule has 0 aliphatic carbocycles. The Morgan fingerprint density at radius 2 is 1.61 bits per heavy atom. The van der Waals surface area contributed by atoms with Crippen LogP contribution >= 0.6 is 0 Å². The maximum Gasteiger partial charge on any atom is 0.193 e. The SMILES string of the molecule is CN=C(NCc1ccc(CN(C)C)cc1)N(C)Cc1ccc(OC)cc1OC. The van der Waals surface area contributed by atoms with Gasteiger partial charge in [-0.15, -0.1) is 0 Å². The highest BCUT2D eigenvalue weighted by Crippen LogP contribution is 2.25. The van der Waals surface area contributed by atoms with Gasteiger partial charge in [0.25, 0.3) is 0 Å². The number of methoxy groups -OCH3 is 2. The van der Waals surface area contributed by atoms with E-state index in [0.717, 1.165) is 36.1 Å². The summed E-state index contributed by atoms with van der Waals surface area (Å²) in [5, 5.41) is 3.43. The first-order chi connectivity index (χ1) is 13.5. The second-order valence-corrected chi connectivity index (χ2v) is 6.99. The van der Waals surface area contributed by atoms with Gasteiger partial charge in [-0.25, -0.2) is 0 Å². The van der Waals surface area contributed by atoms with Crippen LogP contribution in [0.5, 0.6) is 11.5 Å². The van der Waals surface area contributed by atoms with Gasteiger partial charge < -0.3 is 24.6 Å². The van der Waals surface area contributed by atoms with Crippen molar-refractivity contribution in [3.05, 3.63) is 59.2 Å². The van der Waals surface area contributed by atoms with Gasteiger partial charge in [-0.3, -0.25) is 4.99 Å². The third-order valence-corrected chi connectivity index (χ3v) is 4.45. The fraction of sp³-hybridized carbons (Fsp3) is 0.409. The van der Waals surface area contributed by atoms with Crippen LogP contribution in [-0.4, -0.2) is 58.2 Å². The van der Waals surface area contributed by atoms with E-state index in [2.05, 4.69) is 58.5 Å². The maximum atomic E-state index is 5.50. The second kappa shape index (κ2) is 10.6. The fourth-order valence-corrected chi connectivity index (χ4v) is 3.01. The van der Waals surface area contributed by atoms with Crippen molar-refractivity contribution in [1.29, 1.82) is 0 Å². The molecule has 1 N–H and O–H groups in total. The smallest absolute Gasteiger partial charge is 0.193 e. The van der Waals surface area contributed by atoms with Crippen molar-refractivity contribution in [2.45, 2.75) is 19.6 Å². The molecule has 0 heterocycles. The lowest BCUT2D eigenvalue weighted by atomic mass is 10.1. The molecule has 152 valence electrons. The van der Waals surface area contributed by atoms with Crippen molar-refractivity contribution in [3.8, 4) is 11.5 Å². The third-order valence-electron chi connectivity index (χ3n) is 4.45. The summed E-state index contributed by atoms with van der Waals surface area (Å²) in [5.74, 6) is 2.41. The van der Waals surface area contributed by atoms with Crippen LogP contribution in [0.25, 0.3) is 0 Å². The minimum absolute atomic E-state index is 0.675. The van der Waals surface area contributed by atoms with Crippen molar-refractivity contribution in [3.63, 3.8) is 0 Å². The number of benzene rings is 2. The molecule has 0 radical (unpaired) electrons. The number of ether oxygens (including phenoxy) is 2. The number of hydrogen-bond acceptors (Lipinski definition) is 4. The largest absolute Gasteiger partial charge is 0.497 e. The molecule has 0 amide bonds. The molecule has 0 saturated carbocycles.